The van der Waals surface area contributed by atoms with Gasteiger partial charge in [0.25, 0.3) is 0 Å². The summed E-state index contributed by atoms with van der Waals surface area (Å²) in [5.41, 5.74) is 3.61. The summed E-state index contributed by atoms with van der Waals surface area (Å²) in [7, 11) is 0. The van der Waals surface area contributed by atoms with Crippen molar-refractivity contribution in [2.24, 2.45) is 0 Å². The molecular weight excluding hydrogens is 212 g/mol. The van der Waals surface area contributed by atoms with Crippen molar-refractivity contribution in [2.75, 3.05) is 0 Å². The van der Waals surface area contributed by atoms with E-state index in [1.165, 1.54) is 11.1 Å². The van der Waals surface area contributed by atoms with E-state index in [0.29, 0.717) is 0 Å². The molecule has 0 aliphatic rings. The molecule has 0 saturated heterocycles. The third-order valence-corrected chi connectivity index (χ3v) is 3.41. The van der Waals surface area contributed by atoms with Crippen LogP contribution >= 0.6 is 22.9 Å². The highest BCUT2D eigenvalue weighted by Gasteiger charge is 2.09. The normalized spacial score (nSPS) is 12.7. The molecule has 1 unspecified atom stereocenters. The van der Waals surface area contributed by atoms with Gasteiger partial charge in [-0.15, -0.1) is 11.6 Å². The van der Waals surface area contributed by atoms with Crippen molar-refractivity contribution in [3.05, 3.63) is 57.8 Å². The maximum atomic E-state index is 6.33. The maximum Gasteiger partial charge on any atom is 0.0843 e. The summed E-state index contributed by atoms with van der Waals surface area (Å²) in [5.74, 6) is 0. The van der Waals surface area contributed by atoms with Gasteiger partial charge in [0.2, 0.25) is 0 Å². The Morgan fingerprint density at radius 1 is 1.07 bits per heavy atom. The first kappa shape index (κ1) is 9.75. The van der Waals surface area contributed by atoms with Gasteiger partial charge in [-0.1, -0.05) is 29.8 Å². The highest BCUT2D eigenvalue weighted by Crippen LogP contribution is 2.29. The predicted molar refractivity (Wildman–Crippen MR) is 63.2 cm³/mol. The summed E-state index contributed by atoms with van der Waals surface area (Å²) >= 11 is 8.01. The minimum Gasteiger partial charge on any atom is -0.152 e. The number of benzene rings is 1. The fourth-order valence-corrected chi connectivity index (χ4v) is 2.39. The third kappa shape index (κ3) is 1.99. The number of rotatable bonds is 2. The monoisotopic (exact) mass is 222 g/mol. The minimum absolute atomic E-state index is 0.0122. The second-order valence-electron chi connectivity index (χ2n) is 3.33. The summed E-state index contributed by atoms with van der Waals surface area (Å²) < 4.78 is 0. The standard InChI is InChI=1S/C12H11ClS/c1-9-2-4-10(5-3-9)12(13)11-6-7-14-8-11/h2-8,12H,1H3. The Hall–Kier alpha value is -0.790. The van der Waals surface area contributed by atoms with Gasteiger partial charge >= 0.3 is 0 Å². The molecule has 1 aromatic heterocycles. The van der Waals surface area contributed by atoms with E-state index in [-0.39, 0.29) is 5.38 Å². The van der Waals surface area contributed by atoms with Crippen molar-refractivity contribution < 1.29 is 0 Å². The minimum atomic E-state index is -0.0122. The predicted octanol–water partition coefficient (Wildman–Crippen LogP) is 4.38. The van der Waals surface area contributed by atoms with Crippen molar-refractivity contribution in [1.82, 2.24) is 0 Å². The second kappa shape index (κ2) is 4.16. The van der Waals surface area contributed by atoms with Crippen LogP contribution in [0.1, 0.15) is 22.1 Å². The van der Waals surface area contributed by atoms with E-state index in [9.17, 15) is 0 Å². The molecule has 0 aliphatic carbocycles. The molecule has 1 atom stereocenters. The molecule has 2 heteroatoms. The molecule has 2 rings (SSSR count). The molecule has 0 radical (unpaired) electrons. The Balaban J connectivity index is 2.28. The Kier molecular flexibility index (Phi) is 2.90. The van der Waals surface area contributed by atoms with Crippen LogP contribution in [0, 0.1) is 6.92 Å². The van der Waals surface area contributed by atoms with Gasteiger partial charge in [0.1, 0.15) is 0 Å². The molecule has 0 bridgehead atoms. The van der Waals surface area contributed by atoms with E-state index in [4.69, 9.17) is 11.6 Å². The van der Waals surface area contributed by atoms with Crippen LogP contribution in [0.5, 0.6) is 0 Å². The molecule has 1 heterocycles. The lowest BCUT2D eigenvalue weighted by atomic mass is 10.1. The number of hydrogen-bond acceptors (Lipinski definition) is 1. The van der Waals surface area contributed by atoms with Crippen LogP contribution in [-0.2, 0) is 0 Å². The summed E-state index contributed by atoms with van der Waals surface area (Å²) in [6, 6.07) is 10.4. The average molecular weight is 223 g/mol. The van der Waals surface area contributed by atoms with Gasteiger partial charge < -0.3 is 0 Å². The summed E-state index contributed by atoms with van der Waals surface area (Å²) in [4.78, 5) is 0. The van der Waals surface area contributed by atoms with Crippen molar-refractivity contribution in [1.29, 1.82) is 0 Å². The van der Waals surface area contributed by atoms with Crippen LogP contribution in [0.25, 0.3) is 0 Å². The summed E-state index contributed by atoms with van der Waals surface area (Å²) in [6.45, 7) is 2.08. The molecule has 1 aromatic carbocycles. The van der Waals surface area contributed by atoms with Crippen LogP contribution in [0.15, 0.2) is 41.1 Å². The van der Waals surface area contributed by atoms with Gasteiger partial charge in [0.15, 0.2) is 0 Å². The molecule has 0 nitrogen and oxygen atoms in total. The van der Waals surface area contributed by atoms with Crippen LogP contribution < -0.4 is 0 Å². The number of hydrogen-bond donors (Lipinski definition) is 0. The highest BCUT2D eigenvalue weighted by molar-refractivity contribution is 7.08. The summed E-state index contributed by atoms with van der Waals surface area (Å²) in [5, 5.41) is 4.14. The first-order valence-electron chi connectivity index (χ1n) is 4.50. The number of alkyl halides is 1. The average Bonchev–Trinajstić information content (AvgIpc) is 2.71. The topological polar surface area (TPSA) is 0 Å². The van der Waals surface area contributed by atoms with Crippen LogP contribution in [0.2, 0.25) is 0 Å². The van der Waals surface area contributed by atoms with E-state index in [1.807, 2.05) is 0 Å². The zero-order valence-electron chi connectivity index (χ0n) is 7.91. The Morgan fingerprint density at radius 2 is 1.79 bits per heavy atom. The molecule has 0 spiro atoms. The molecule has 72 valence electrons. The van der Waals surface area contributed by atoms with Crippen molar-refractivity contribution in [3.8, 4) is 0 Å². The van der Waals surface area contributed by atoms with Gasteiger partial charge in [-0.2, -0.15) is 11.3 Å². The molecule has 14 heavy (non-hydrogen) atoms. The largest absolute Gasteiger partial charge is 0.152 e. The Bertz CT molecular complexity index is 389. The highest BCUT2D eigenvalue weighted by atomic mass is 35.5. The lowest BCUT2D eigenvalue weighted by Crippen LogP contribution is -1.90. The molecular formula is C12H11ClS. The molecule has 0 saturated carbocycles. The molecule has 0 aliphatic heterocycles. The zero-order chi connectivity index (χ0) is 9.97. The van der Waals surface area contributed by atoms with Crippen molar-refractivity contribution in [3.63, 3.8) is 0 Å². The van der Waals surface area contributed by atoms with E-state index in [0.717, 1.165) is 5.56 Å². The molecule has 2 aromatic rings. The Labute approximate surface area is 93.2 Å². The van der Waals surface area contributed by atoms with E-state index >= 15 is 0 Å². The third-order valence-electron chi connectivity index (χ3n) is 2.21. The SMILES string of the molecule is Cc1ccc(C(Cl)c2ccsc2)cc1. The van der Waals surface area contributed by atoms with E-state index < -0.39 is 0 Å². The first-order valence-corrected chi connectivity index (χ1v) is 5.88. The lowest BCUT2D eigenvalue weighted by molar-refractivity contribution is 1.15. The maximum absolute atomic E-state index is 6.33. The van der Waals surface area contributed by atoms with E-state index in [2.05, 4.69) is 48.0 Å². The fourth-order valence-electron chi connectivity index (χ4n) is 1.35. The van der Waals surface area contributed by atoms with Crippen molar-refractivity contribution >= 4 is 22.9 Å². The van der Waals surface area contributed by atoms with E-state index in [1.54, 1.807) is 11.3 Å². The smallest absolute Gasteiger partial charge is 0.0843 e. The molecule has 0 N–H and O–H groups in total. The number of aryl methyl sites for hydroxylation is 1. The quantitative estimate of drug-likeness (QED) is 0.662. The van der Waals surface area contributed by atoms with Gasteiger partial charge in [-0.05, 0) is 34.9 Å². The van der Waals surface area contributed by atoms with Gasteiger partial charge in [-0.25, -0.2) is 0 Å². The second-order valence-corrected chi connectivity index (χ2v) is 4.55. The molecule has 0 amide bonds. The lowest BCUT2D eigenvalue weighted by Gasteiger charge is -2.07. The van der Waals surface area contributed by atoms with Crippen LogP contribution in [-0.4, -0.2) is 0 Å². The van der Waals surface area contributed by atoms with Crippen LogP contribution in [0.4, 0.5) is 0 Å². The summed E-state index contributed by atoms with van der Waals surface area (Å²) in [6.07, 6.45) is 0. The van der Waals surface area contributed by atoms with Gasteiger partial charge in [-0.3, -0.25) is 0 Å². The zero-order valence-corrected chi connectivity index (χ0v) is 9.48. The number of thiophene rings is 1. The van der Waals surface area contributed by atoms with Gasteiger partial charge in [0, 0.05) is 0 Å². The Morgan fingerprint density at radius 3 is 2.36 bits per heavy atom. The first-order chi connectivity index (χ1) is 6.77. The number of halogens is 1. The molecule has 0 fully saturated rings. The van der Waals surface area contributed by atoms with Crippen LogP contribution in [0.3, 0.4) is 0 Å². The fraction of sp³-hybridized carbons (Fsp3) is 0.167. The van der Waals surface area contributed by atoms with Gasteiger partial charge in [0.05, 0.1) is 5.38 Å². The van der Waals surface area contributed by atoms with Crippen molar-refractivity contribution in [2.45, 2.75) is 12.3 Å².